The minimum Gasteiger partial charge on any atom is -0.496 e. The zero-order valence-corrected chi connectivity index (χ0v) is 10.8. The van der Waals surface area contributed by atoms with Crippen LogP contribution in [-0.4, -0.2) is 27.7 Å². The summed E-state index contributed by atoms with van der Waals surface area (Å²) in [5, 5.41) is 8.91. The molecule has 0 radical (unpaired) electrons. The molecule has 0 aliphatic heterocycles. The molecule has 1 heterocycles. The van der Waals surface area contributed by atoms with Crippen LogP contribution in [0.15, 0.2) is 34.0 Å². The smallest absolute Gasteiger partial charge is 0.342 e. The first-order valence-corrected chi connectivity index (χ1v) is 5.68. The SMILES string of the molecule is COc1ccc(-n2cc(C(=O)O)c(=O)[nH]c2=O)cc1C. The van der Waals surface area contributed by atoms with E-state index in [9.17, 15) is 14.4 Å². The highest BCUT2D eigenvalue weighted by Crippen LogP contribution is 2.19. The molecule has 104 valence electrons. The van der Waals surface area contributed by atoms with Crippen LogP contribution in [0.1, 0.15) is 15.9 Å². The molecule has 0 aliphatic carbocycles. The zero-order chi connectivity index (χ0) is 14.9. The van der Waals surface area contributed by atoms with Crippen molar-refractivity contribution in [1.29, 1.82) is 0 Å². The molecule has 0 bridgehead atoms. The molecule has 0 amide bonds. The summed E-state index contributed by atoms with van der Waals surface area (Å²) in [7, 11) is 1.52. The van der Waals surface area contributed by atoms with Crippen LogP contribution in [0, 0.1) is 6.92 Å². The Morgan fingerprint density at radius 3 is 2.60 bits per heavy atom. The van der Waals surface area contributed by atoms with E-state index < -0.39 is 22.8 Å². The molecule has 0 fully saturated rings. The van der Waals surface area contributed by atoms with Gasteiger partial charge in [0.25, 0.3) is 5.56 Å². The summed E-state index contributed by atoms with van der Waals surface area (Å²) >= 11 is 0. The van der Waals surface area contributed by atoms with Crippen molar-refractivity contribution in [3.63, 3.8) is 0 Å². The number of aromatic amines is 1. The van der Waals surface area contributed by atoms with Crippen molar-refractivity contribution >= 4 is 5.97 Å². The first kappa shape index (κ1) is 13.6. The minimum atomic E-state index is -1.40. The van der Waals surface area contributed by atoms with Crippen molar-refractivity contribution in [3.05, 3.63) is 56.4 Å². The second kappa shape index (κ2) is 5.04. The summed E-state index contributed by atoms with van der Waals surface area (Å²) in [6.07, 6.45) is 1.00. The summed E-state index contributed by atoms with van der Waals surface area (Å²) < 4.78 is 6.17. The molecule has 0 spiro atoms. The topological polar surface area (TPSA) is 101 Å². The van der Waals surface area contributed by atoms with Crippen molar-refractivity contribution in [2.24, 2.45) is 0 Å². The Morgan fingerprint density at radius 2 is 2.05 bits per heavy atom. The van der Waals surface area contributed by atoms with Crippen molar-refractivity contribution in [1.82, 2.24) is 9.55 Å². The van der Waals surface area contributed by atoms with Gasteiger partial charge in [0.05, 0.1) is 12.8 Å². The van der Waals surface area contributed by atoms with E-state index >= 15 is 0 Å². The van der Waals surface area contributed by atoms with E-state index in [1.54, 1.807) is 25.1 Å². The van der Waals surface area contributed by atoms with E-state index in [0.717, 1.165) is 16.3 Å². The number of aryl methyl sites for hydroxylation is 1. The third kappa shape index (κ3) is 2.33. The highest BCUT2D eigenvalue weighted by molar-refractivity contribution is 5.86. The summed E-state index contributed by atoms with van der Waals surface area (Å²) in [4.78, 5) is 36.0. The number of rotatable bonds is 3. The number of hydrogen-bond donors (Lipinski definition) is 2. The summed E-state index contributed by atoms with van der Waals surface area (Å²) in [5.41, 5.74) is -0.918. The normalized spacial score (nSPS) is 10.3. The molecule has 2 rings (SSSR count). The second-order valence-electron chi connectivity index (χ2n) is 4.13. The number of methoxy groups -OCH3 is 1. The lowest BCUT2D eigenvalue weighted by Crippen LogP contribution is -2.32. The molecule has 2 aromatic rings. The molecule has 0 saturated carbocycles. The van der Waals surface area contributed by atoms with Crippen LogP contribution in [0.5, 0.6) is 5.75 Å². The number of ether oxygens (including phenoxy) is 1. The van der Waals surface area contributed by atoms with Crippen LogP contribution in [0.2, 0.25) is 0 Å². The van der Waals surface area contributed by atoms with E-state index in [0.29, 0.717) is 11.4 Å². The fourth-order valence-electron chi connectivity index (χ4n) is 1.83. The van der Waals surface area contributed by atoms with Gasteiger partial charge in [0.15, 0.2) is 0 Å². The number of hydrogen-bond acceptors (Lipinski definition) is 4. The lowest BCUT2D eigenvalue weighted by molar-refractivity contribution is 0.0694. The van der Waals surface area contributed by atoms with E-state index in [1.807, 2.05) is 4.98 Å². The van der Waals surface area contributed by atoms with Gasteiger partial charge in [-0.2, -0.15) is 0 Å². The molecular weight excluding hydrogens is 264 g/mol. The van der Waals surface area contributed by atoms with Gasteiger partial charge in [0.1, 0.15) is 11.3 Å². The van der Waals surface area contributed by atoms with Crippen LogP contribution in [-0.2, 0) is 0 Å². The maximum atomic E-state index is 11.8. The minimum absolute atomic E-state index is 0.437. The molecule has 0 atom stereocenters. The van der Waals surface area contributed by atoms with Crippen LogP contribution < -0.4 is 16.0 Å². The van der Waals surface area contributed by atoms with Gasteiger partial charge in [0.2, 0.25) is 0 Å². The van der Waals surface area contributed by atoms with Crippen LogP contribution >= 0.6 is 0 Å². The Hall–Kier alpha value is -2.83. The van der Waals surface area contributed by atoms with Crippen molar-refractivity contribution in [3.8, 4) is 11.4 Å². The zero-order valence-electron chi connectivity index (χ0n) is 10.8. The Labute approximate surface area is 113 Å². The Balaban J connectivity index is 2.66. The number of nitrogens with one attached hydrogen (secondary N) is 1. The molecule has 7 heteroatoms. The van der Waals surface area contributed by atoms with E-state index in [-0.39, 0.29) is 0 Å². The van der Waals surface area contributed by atoms with Gasteiger partial charge in [-0.15, -0.1) is 0 Å². The summed E-state index contributed by atoms with van der Waals surface area (Å²) in [6.45, 7) is 1.79. The number of carboxylic acid groups (broad SMARTS) is 1. The van der Waals surface area contributed by atoms with Gasteiger partial charge in [-0.05, 0) is 30.7 Å². The number of aromatic carboxylic acids is 1. The van der Waals surface area contributed by atoms with Gasteiger partial charge in [-0.3, -0.25) is 14.3 Å². The average molecular weight is 276 g/mol. The van der Waals surface area contributed by atoms with E-state index in [4.69, 9.17) is 9.84 Å². The van der Waals surface area contributed by atoms with Gasteiger partial charge < -0.3 is 9.84 Å². The van der Waals surface area contributed by atoms with Gasteiger partial charge in [-0.25, -0.2) is 9.59 Å². The van der Waals surface area contributed by atoms with Crippen molar-refractivity contribution < 1.29 is 14.6 Å². The maximum absolute atomic E-state index is 11.8. The third-order valence-electron chi connectivity index (χ3n) is 2.83. The predicted molar refractivity (Wildman–Crippen MR) is 70.9 cm³/mol. The quantitative estimate of drug-likeness (QED) is 0.852. The van der Waals surface area contributed by atoms with Gasteiger partial charge in [-0.1, -0.05) is 0 Å². The molecule has 2 N–H and O–H groups in total. The molecule has 0 unspecified atom stereocenters. The largest absolute Gasteiger partial charge is 0.496 e. The highest BCUT2D eigenvalue weighted by atomic mass is 16.5. The molecule has 1 aromatic heterocycles. The average Bonchev–Trinajstić information content (AvgIpc) is 2.38. The fourth-order valence-corrected chi connectivity index (χ4v) is 1.83. The van der Waals surface area contributed by atoms with Crippen molar-refractivity contribution in [2.45, 2.75) is 6.92 Å². The number of carbonyl (C=O) groups is 1. The van der Waals surface area contributed by atoms with Crippen LogP contribution in [0.4, 0.5) is 0 Å². The Morgan fingerprint density at radius 1 is 1.35 bits per heavy atom. The number of benzene rings is 1. The van der Waals surface area contributed by atoms with Gasteiger partial charge in [0, 0.05) is 6.20 Å². The number of aromatic nitrogens is 2. The summed E-state index contributed by atoms with van der Waals surface area (Å²) in [6, 6.07) is 4.91. The molecule has 20 heavy (non-hydrogen) atoms. The van der Waals surface area contributed by atoms with Gasteiger partial charge >= 0.3 is 11.7 Å². The number of H-pyrrole nitrogens is 1. The van der Waals surface area contributed by atoms with Crippen LogP contribution in [0.3, 0.4) is 0 Å². The second-order valence-corrected chi connectivity index (χ2v) is 4.13. The highest BCUT2D eigenvalue weighted by Gasteiger charge is 2.13. The lowest BCUT2D eigenvalue weighted by atomic mass is 10.2. The van der Waals surface area contributed by atoms with Crippen molar-refractivity contribution in [2.75, 3.05) is 7.11 Å². The number of nitrogens with zero attached hydrogens (tertiary/aromatic N) is 1. The first-order valence-electron chi connectivity index (χ1n) is 5.68. The Bertz CT molecular complexity index is 788. The van der Waals surface area contributed by atoms with E-state index in [1.165, 1.54) is 7.11 Å². The van der Waals surface area contributed by atoms with Crippen LogP contribution in [0.25, 0.3) is 5.69 Å². The standard InChI is InChI=1S/C13H12N2O5/c1-7-5-8(3-4-10(7)20-2)15-6-9(12(17)18)11(16)14-13(15)19/h3-6H,1-2H3,(H,17,18)(H,14,16,19). The predicted octanol–water partition coefficient (Wildman–Crippen LogP) is 0.541. The lowest BCUT2D eigenvalue weighted by Gasteiger charge is -2.09. The van der Waals surface area contributed by atoms with E-state index in [2.05, 4.69) is 0 Å². The third-order valence-corrected chi connectivity index (χ3v) is 2.83. The maximum Gasteiger partial charge on any atom is 0.342 e. The first-order chi connectivity index (χ1) is 9.43. The Kier molecular flexibility index (Phi) is 3.43. The molecule has 0 saturated heterocycles. The molecule has 0 aliphatic rings. The number of carboxylic acids is 1. The monoisotopic (exact) mass is 276 g/mol. The molecular formula is C13H12N2O5. The summed E-state index contributed by atoms with van der Waals surface area (Å²) in [5.74, 6) is -0.755. The fraction of sp³-hybridized carbons (Fsp3) is 0.154. The molecule has 7 nitrogen and oxygen atoms in total. The molecule has 1 aromatic carbocycles.